The fourth-order valence-electron chi connectivity index (χ4n) is 4.08. The molecule has 2 unspecified atom stereocenters. The highest BCUT2D eigenvalue weighted by Crippen LogP contribution is 2.35. The first-order valence-corrected chi connectivity index (χ1v) is 12.2. The molecule has 12 nitrogen and oxygen atoms in total. The number of hydrogen-bond acceptors (Lipinski definition) is 8. The third-order valence-corrected chi connectivity index (χ3v) is 5.80. The van der Waals surface area contributed by atoms with Gasteiger partial charge in [0.2, 0.25) is 5.91 Å². The minimum Gasteiger partial charge on any atom is -0.508 e. The van der Waals surface area contributed by atoms with E-state index in [2.05, 4.69) is 10.6 Å². The van der Waals surface area contributed by atoms with Crippen molar-refractivity contribution in [3.8, 4) is 5.75 Å². The van der Waals surface area contributed by atoms with E-state index in [0.717, 1.165) is 4.90 Å². The zero-order chi connectivity index (χ0) is 28.7. The lowest BCUT2D eigenvalue weighted by Crippen LogP contribution is -2.64. The Bertz CT molecular complexity index is 1060. The Balaban J connectivity index is 1.93. The quantitative estimate of drug-likeness (QED) is 0.231. The molecule has 0 saturated carbocycles. The number of phenols is 1. The van der Waals surface area contributed by atoms with Crippen LogP contribution in [-0.2, 0) is 34.2 Å². The molecule has 1 aliphatic rings. The number of nitrogens with one attached hydrogen (secondary N) is 2. The number of rotatable bonds is 12. The minimum atomic E-state index is -1.27. The van der Waals surface area contributed by atoms with Crippen LogP contribution in [0.1, 0.15) is 46.6 Å². The van der Waals surface area contributed by atoms with Gasteiger partial charge in [0.25, 0.3) is 5.91 Å². The summed E-state index contributed by atoms with van der Waals surface area (Å²) in [6, 6.07) is 5.52. The van der Waals surface area contributed by atoms with Crippen LogP contribution in [0.2, 0.25) is 0 Å². The summed E-state index contributed by atoms with van der Waals surface area (Å²) in [5.74, 6) is -2.39. The van der Waals surface area contributed by atoms with E-state index in [1.54, 1.807) is 19.1 Å². The fraction of sp³-hybridized carbons (Fsp3) is 0.538. The van der Waals surface area contributed by atoms with E-state index in [0.29, 0.717) is 17.6 Å². The molecule has 3 amide bonds. The summed E-state index contributed by atoms with van der Waals surface area (Å²) >= 11 is 0. The molecule has 1 heterocycles. The van der Waals surface area contributed by atoms with Gasteiger partial charge in [-0.2, -0.15) is 0 Å². The van der Waals surface area contributed by atoms with Gasteiger partial charge >= 0.3 is 12.1 Å². The molecule has 0 radical (unpaired) electrons. The van der Waals surface area contributed by atoms with E-state index in [4.69, 9.17) is 14.2 Å². The van der Waals surface area contributed by atoms with Crippen molar-refractivity contribution in [3.63, 3.8) is 0 Å². The number of carbonyl (C=O) groups is 4. The van der Waals surface area contributed by atoms with Crippen LogP contribution in [0.25, 0.3) is 0 Å². The Morgan fingerprint density at radius 2 is 1.79 bits per heavy atom. The highest BCUT2D eigenvalue weighted by molar-refractivity contribution is 6.00. The molecule has 0 aliphatic carbocycles. The molecule has 0 bridgehead atoms. The smallest absolute Gasteiger partial charge is 0.407 e. The Morgan fingerprint density at radius 1 is 1.16 bits per heavy atom. The number of aliphatic carboxylic acids is 1. The average molecular weight is 536 g/mol. The second kappa shape index (κ2) is 12.7. The normalized spacial score (nSPS) is 17.6. The second-order valence-electron chi connectivity index (χ2n) is 9.97. The van der Waals surface area contributed by atoms with Gasteiger partial charge in [0.1, 0.15) is 36.2 Å². The lowest BCUT2D eigenvalue weighted by atomic mass is 9.90. The number of likely N-dealkylation sites (tertiary alicyclic amines) is 1. The fourth-order valence-corrected chi connectivity index (χ4v) is 4.08. The standard InChI is InChI=1S/C26H37N3O9/c1-7-26(38-25(3,4)5,17-8-10-18(30)11-9-17)15-37-24(35)27-12-20(31)28-19-13-29(22(19)32)21(23(33)34)16(2)14-36-6/h8-11,19,30H,7,12-15H2,1-6H3,(H,27,35)(H,28,31)(H,33,34). The van der Waals surface area contributed by atoms with Gasteiger partial charge in [-0.25, -0.2) is 9.59 Å². The molecule has 1 aromatic rings. The number of phenolic OH excluding ortho intramolecular Hbond substituents is 1. The van der Waals surface area contributed by atoms with Crippen molar-refractivity contribution in [1.82, 2.24) is 15.5 Å². The summed E-state index contributed by atoms with van der Waals surface area (Å²) in [6.07, 6.45) is -0.401. The summed E-state index contributed by atoms with van der Waals surface area (Å²) in [6.45, 7) is 8.47. The van der Waals surface area contributed by atoms with E-state index in [1.165, 1.54) is 19.2 Å². The Kier molecular flexibility index (Phi) is 10.3. The summed E-state index contributed by atoms with van der Waals surface area (Å²) in [4.78, 5) is 49.7. The van der Waals surface area contributed by atoms with Gasteiger partial charge in [-0.15, -0.1) is 0 Å². The maximum absolute atomic E-state index is 12.4. The molecule has 0 spiro atoms. The molecule has 1 aromatic carbocycles. The number of hydrogen-bond donors (Lipinski definition) is 4. The largest absolute Gasteiger partial charge is 0.508 e. The van der Waals surface area contributed by atoms with Crippen LogP contribution in [0.4, 0.5) is 4.79 Å². The first-order chi connectivity index (χ1) is 17.7. The predicted octanol–water partition coefficient (Wildman–Crippen LogP) is 1.87. The number of benzene rings is 1. The number of amides is 3. The topological polar surface area (TPSA) is 164 Å². The number of nitrogens with zero attached hydrogens (tertiary/aromatic N) is 1. The minimum absolute atomic E-state index is 0.0203. The van der Waals surface area contributed by atoms with Crippen molar-refractivity contribution in [1.29, 1.82) is 0 Å². The van der Waals surface area contributed by atoms with Crippen molar-refractivity contribution in [2.45, 2.75) is 58.3 Å². The van der Waals surface area contributed by atoms with E-state index in [1.807, 2.05) is 27.7 Å². The summed E-state index contributed by atoms with van der Waals surface area (Å²) < 4.78 is 16.6. The van der Waals surface area contributed by atoms with Crippen LogP contribution in [0, 0.1) is 0 Å². The second-order valence-corrected chi connectivity index (χ2v) is 9.97. The maximum atomic E-state index is 12.4. The van der Waals surface area contributed by atoms with Gasteiger partial charge < -0.3 is 40.0 Å². The third-order valence-electron chi connectivity index (χ3n) is 5.80. The Hall–Kier alpha value is -3.64. The van der Waals surface area contributed by atoms with Crippen LogP contribution in [0.15, 0.2) is 35.5 Å². The van der Waals surface area contributed by atoms with Crippen molar-refractivity contribution >= 4 is 23.9 Å². The highest BCUT2D eigenvalue weighted by atomic mass is 16.6. The molecule has 2 rings (SSSR count). The van der Waals surface area contributed by atoms with E-state index in [9.17, 15) is 29.4 Å². The van der Waals surface area contributed by atoms with Gasteiger partial charge in [0.05, 0.1) is 18.8 Å². The zero-order valence-corrected chi connectivity index (χ0v) is 22.6. The number of carbonyl (C=O) groups excluding carboxylic acids is 3. The first-order valence-electron chi connectivity index (χ1n) is 12.2. The molecule has 1 saturated heterocycles. The van der Waals surface area contributed by atoms with Gasteiger partial charge in [-0.05, 0) is 57.4 Å². The van der Waals surface area contributed by atoms with E-state index in [-0.39, 0.29) is 31.2 Å². The number of methoxy groups -OCH3 is 1. The number of alkyl carbamates (subject to hydrolysis) is 1. The van der Waals surface area contributed by atoms with Crippen LogP contribution in [0.3, 0.4) is 0 Å². The summed E-state index contributed by atoms with van der Waals surface area (Å²) in [7, 11) is 1.41. The molecule has 4 N–H and O–H groups in total. The van der Waals surface area contributed by atoms with Gasteiger partial charge in [-0.3, -0.25) is 9.59 Å². The SMILES string of the molecule is CCC(COC(=O)NCC(=O)NC1CN(C(C(=O)O)=C(C)COC)C1=O)(OC(C)(C)C)c1ccc(O)cc1. The lowest BCUT2D eigenvalue weighted by molar-refractivity contribution is -0.161. The van der Waals surface area contributed by atoms with E-state index >= 15 is 0 Å². The van der Waals surface area contributed by atoms with Gasteiger partial charge in [0, 0.05) is 7.11 Å². The average Bonchev–Trinajstić information content (AvgIpc) is 2.84. The molecule has 1 aliphatic heterocycles. The number of ether oxygens (including phenoxy) is 3. The monoisotopic (exact) mass is 535 g/mol. The van der Waals surface area contributed by atoms with Crippen molar-refractivity contribution in [2.75, 3.05) is 33.4 Å². The molecule has 38 heavy (non-hydrogen) atoms. The molecular formula is C26H37N3O9. The van der Waals surface area contributed by atoms with Crippen LogP contribution < -0.4 is 10.6 Å². The van der Waals surface area contributed by atoms with Gasteiger partial charge in [-0.1, -0.05) is 19.1 Å². The first kappa shape index (κ1) is 30.6. The van der Waals surface area contributed by atoms with Gasteiger partial charge in [0.15, 0.2) is 0 Å². The predicted molar refractivity (Wildman–Crippen MR) is 136 cm³/mol. The summed E-state index contributed by atoms with van der Waals surface area (Å²) in [5.41, 5.74) is -0.678. The number of carboxylic acids is 1. The van der Waals surface area contributed by atoms with Crippen LogP contribution in [0.5, 0.6) is 5.75 Å². The third kappa shape index (κ3) is 7.93. The molecule has 0 aromatic heterocycles. The van der Waals surface area contributed by atoms with Crippen molar-refractivity contribution < 1.29 is 43.6 Å². The molecule has 1 fully saturated rings. The Labute approximate surface area is 221 Å². The number of aromatic hydroxyl groups is 1. The zero-order valence-electron chi connectivity index (χ0n) is 22.6. The maximum Gasteiger partial charge on any atom is 0.407 e. The highest BCUT2D eigenvalue weighted by Gasteiger charge is 2.42. The van der Waals surface area contributed by atoms with E-state index < -0.39 is 47.7 Å². The summed E-state index contributed by atoms with van der Waals surface area (Å²) in [5, 5.41) is 23.9. The van der Waals surface area contributed by atoms with Crippen molar-refractivity contribution in [3.05, 3.63) is 41.1 Å². The molecule has 2 atom stereocenters. The Morgan fingerprint density at radius 3 is 2.29 bits per heavy atom. The molecule has 12 heteroatoms. The molecular weight excluding hydrogens is 498 g/mol. The van der Waals surface area contributed by atoms with Crippen LogP contribution >= 0.6 is 0 Å². The van der Waals surface area contributed by atoms with Crippen molar-refractivity contribution in [2.24, 2.45) is 0 Å². The molecule has 210 valence electrons. The lowest BCUT2D eigenvalue weighted by Gasteiger charge is -2.39. The number of β-lactam (4-membered cyclic amide) rings is 1. The number of carboxylic acid groups (broad SMARTS) is 1. The van der Waals surface area contributed by atoms with Crippen LogP contribution in [-0.4, -0.2) is 84.0 Å².